The summed E-state index contributed by atoms with van der Waals surface area (Å²) in [4.78, 5) is 61.6. The van der Waals surface area contributed by atoms with Crippen LogP contribution in [-0.4, -0.2) is 29.3 Å². The van der Waals surface area contributed by atoms with Crippen molar-refractivity contribution < 1.29 is 24.0 Å². The first-order valence-electron chi connectivity index (χ1n) is 14.2. The molecule has 0 unspecified atom stereocenters. The minimum Gasteiger partial charge on any atom is -0.399 e. The number of Topliss-reactive ketones (excluding diaryl/α,β-unsaturated/α-hetero) is 2. The van der Waals surface area contributed by atoms with E-state index in [-0.39, 0.29) is 94.6 Å². The second-order valence-electron chi connectivity index (χ2n) is 10.6. The molecule has 0 saturated carbocycles. The van der Waals surface area contributed by atoms with Crippen LogP contribution in [0, 0.1) is 0 Å². The van der Waals surface area contributed by atoms with Crippen LogP contribution < -0.4 is 27.4 Å². The Labute approximate surface area is 300 Å². The molecule has 0 heterocycles. The number of nitrogens with two attached hydrogens (primary N) is 2. The number of rotatable bonds is 11. The number of amides is 3. The largest absolute Gasteiger partial charge is 0.399 e. The third-order valence-corrected chi connectivity index (χ3v) is 8.26. The first kappa shape index (κ1) is 36.8. The monoisotopic (exact) mass is 741 g/mol. The highest BCUT2D eigenvalue weighted by atomic mass is 35.5. The van der Waals surface area contributed by atoms with E-state index in [1.807, 2.05) is 0 Å². The Morgan fingerprint density at radius 3 is 1.90 bits per heavy atom. The fraction of sp³-hybridized carbons (Fsp3) is 0.121. The molecule has 4 aromatic rings. The van der Waals surface area contributed by atoms with Crippen LogP contribution in [-0.2, 0) is 19.2 Å². The minimum atomic E-state index is -0.640. The van der Waals surface area contributed by atoms with E-state index in [1.54, 1.807) is 0 Å². The number of hydrogen-bond acceptors (Lipinski definition) is 9. The lowest BCUT2D eigenvalue weighted by Gasteiger charge is -2.17. The molecule has 0 aromatic heterocycles. The number of benzene rings is 4. The van der Waals surface area contributed by atoms with Crippen molar-refractivity contribution in [3.63, 3.8) is 0 Å². The van der Waals surface area contributed by atoms with Gasteiger partial charge in [0.25, 0.3) is 5.91 Å². The molecule has 4 rings (SSSR count). The smallest absolute Gasteiger partial charge is 0.255 e. The molecule has 0 fully saturated rings. The van der Waals surface area contributed by atoms with E-state index in [4.69, 9.17) is 57.9 Å². The Bertz CT molecular complexity index is 2050. The van der Waals surface area contributed by atoms with Crippen LogP contribution in [0.15, 0.2) is 70.9 Å². The van der Waals surface area contributed by atoms with Crippen LogP contribution in [0.25, 0.3) is 11.1 Å². The van der Waals surface area contributed by atoms with E-state index in [2.05, 4.69) is 26.2 Å². The zero-order valence-electron chi connectivity index (χ0n) is 25.8. The van der Waals surface area contributed by atoms with E-state index in [0.717, 1.165) is 0 Å². The van der Waals surface area contributed by atoms with Crippen molar-refractivity contribution >= 4 is 116 Å². The number of carbonyl (C=O) groups is 5. The fourth-order valence-corrected chi connectivity index (χ4v) is 5.25. The summed E-state index contributed by atoms with van der Waals surface area (Å²) >= 11 is 25.1. The molecule has 49 heavy (non-hydrogen) atoms. The second-order valence-corrected chi connectivity index (χ2v) is 12.2. The molecule has 4 aromatic carbocycles. The van der Waals surface area contributed by atoms with Crippen molar-refractivity contribution in [2.45, 2.75) is 26.7 Å². The summed E-state index contributed by atoms with van der Waals surface area (Å²) in [5.74, 6) is -2.54. The van der Waals surface area contributed by atoms with Crippen LogP contribution >= 0.6 is 46.4 Å². The van der Waals surface area contributed by atoms with Crippen molar-refractivity contribution in [1.82, 2.24) is 0 Å². The number of nitrogen functional groups attached to an aromatic ring is 2. The van der Waals surface area contributed by atoms with Gasteiger partial charge in [0.05, 0.1) is 45.0 Å². The van der Waals surface area contributed by atoms with Crippen molar-refractivity contribution in [3.8, 4) is 11.1 Å². The second kappa shape index (κ2) is 15.9. The fourth-order valence-electron chi connectivity index (χ4n) is 4.45. The van der Waals surface area contributed by atoms with Crippen LogP contribution in [0.2, 0.25) is 20.1 Å². The van der Waals surface area contributed by atoms with Gasteiger partial charge in [-0.05, 0) is 74.5 Å². The highest BCUT2D eigenvalue weighted by Crippen LogP contribution is 2.45. The highest BCUT2D eigenvalue weighted by molar-refractivity contribution is 6.49. The van der Waals surface area contributed by atoms with Gasteiger partial charge in [0.1, 0.15) is 22.9 Å². The summed E-state index contributed by atoms with van der Waals surface area (Å²) in [6.45, 7) is 2.54. The van der Waals surface area contributed by atoms with Crippen LogP contribution in [0.5, 0.6) is 0 Å². The van der Waals surface area contributed by atoms with E-state index in [1.165, 1.54) is 74.5 Å². The molecule has 0 atom stereocenters. The number of ketones is 2. The summed E-state index contributed by atoms with van der Waals surface area (Å²) in [5.41, 5.74) is 14.0. The number of hydrogen-bond donors (Lipinski definition) is 5. The van der Waals surface area contributed by atoms with Gasteiger partial charge in [-0.15, -0.1) is 10.2 Å². The van der Waals surface area contributed by atoms with E-state index in [0.29, 0.717) is 0 Å². The zero-order valence-corrected chi connectivity index (χ0v) is 28.8. The molecular weight excluding hydrogens is 716 g/mol. The number of azo groups is 1. The highest BCUT2D eigenvalue weighted by Gasteiger charge is 2.21. The van der Waals surface area contributed by atoms with E-state index >= 15 is 0 Å². The zero-order chi connectivity index (χ0) is 36.0. The first-order valence-corrected chi connectivity index (χ1v) is 15.7. The predicted molar refractivity (Wildman–Crippen MR) is 194 cm³/mol. The molecule has 0 aliphatic carbocycles. The molecule has 252 valence electrons. The molecule has 16 heteroatoms. The number of nitrogens with zero attached hydrogens (tertiary/aromatic N) is 2. The van der Waals surface area contributed by atoms with Gasteiger partial charge in [0.15, 0.2) is 0 Å². The summed E-state index contributed by atoms with van der Waals surface area (Å²) in [5, 5.41) is 17.1. The Balaban J connectivity index is 1.85. The SMILES string of the molecule is CC(=O)CC(=O)Nc1ccc(N)cc1N=Nc1c(NC(=O)CC(C)=O)ccc(N)c1-c1cc(C(=O)Nc2ccc(Cl)c(Cl)c2Cl)ccc1Cl. The maximum Gasteiger partial charge on any atom is 0.255 e. The number of halogens is 4. The number of nitrogens with one attached hydrogen (secondary N) is 3. The van der Waals surface area contributed by atoms with E-state index in [9.17, 15) is 24.0 Å². The summed E-state index contributed by atoms with van der Waals surface area (Å²) < 4.78 is 0. The quantitative estimate of drug-likeness (QED) is 0.0438. The minimum absolute atomic E-state index is 0.00711. The Morgan fingerprint density at radius 2 is 1.24 bits per heavy atom. The summed E-state index contributed by atoms with van der Waals surface area (Å²) in [6, 6.07) is 14.7. The molecule has 3 amide bonds. The molecule has 0 bridgehead atoms. The third-order valence-electron chi connectivity index (χ3n) is 6.64. The lowest BCUT2D eigenvalue weighted by atomic mass is 9.98. The van der Waals surface area contributed by atoms with Crippen LogP contribution in [0.1, 0.15) is 37.0 Å². The van der Waals surface area contributed by atoms with Crippen molar-refractivity contribution in [2.24, 2.45) is 10.2 Å². The molecule has 12 nitrogen and oxygen atoms in total. The molecule has 7 N–H and O–H groups in total. The Morgan fingerprint density at radius 1 is 0.653 bits per heavy atom. The van der Waals surface area contributed by atoms with Gasteiger partial charge in [-0.2, -0.15) is 0 Å². The lowest BCUT2D eigenvalue weighted by molar-refractivity contribution is -0.125. The molecule has 0 radical (unpaired) electrons. The predicted octanol–water partition coefficient (Wildman–Crippen LogP) is 8.63. The Kier molecular flexibility index (Phi) is 12.0. The molecule has 0 aliphatic heterocycles. The maximum absolute atomic E-state index is 13.4. The van der Waals surface area contributed by atoms with Gasteiger partial charge in [-0.3, -0.25) is 24.0 Å². The number of carbonyl (C=O) groups excluding carboxylic acids is 5. The van der Waals surface area contributed by atoms with Crippen molar-refractivity contribution in [3.05, 3.63) is 86.3 Å². The van der Waals surface area contributed by atoms with Crippen molar-refractivity contribution in [1.29, 1.82) is 0 Å². The van der Waals surface area contributed by atoms with Crippen LogP contribution in [0.3, 0.4) is 0 Å². The van der Waals surface area contributed by atoms with Gasteiger partial charge in [-0.25, -0.2) is 0 Å². The van der Waals surface area contributed by atoms with Crippen molar-refractivity contribution in [2.75, 3.05) is 27.4 Å². The van der Waals surface area contributed by atoms with Gasteiger partial charge >= 0.3 is 0 Å². The first-order chi connectivity index (χ1) is 23.1. The average Bonchev–Trinajstić information content (AvgIpc) is 3.02. The summed E-state index contributed by atoms with van der Waals surface area (Å²) in [7, 11) is 0. The Hall–Kier alpha value is -5.01. The van der Waals surface area contributed by atoms with Gasteiger partial charge in [0.2, 0.25) is 11.8 Å². The van der Waals surface area contributed by atoms with Gasteiger partial charge < -0.3 is 27.4 Å². The molecular formula is C33H27Cl4N7O5. The third kappa shape index (κ3) is 9.33. The summed E-state index contributed by atoms with van der Waals surface area (Å²) in [6.07, 6.45) is -0.794. The topological polar surface area (TPSA) is 198 Å². The maximum atomic E-state index is 13.4. The normalized spacial score (nSPS) is 10.9. The molecule has 0 aliphatic rings. The standard InChI is InChI=1S/C33H27Cl4N7O5/c1-15(45)11-27(47)40-23-8-4-18(38)14-26(23)43-44-32-25(41-28(48)12-16(2)46)10-7-22(39)29(32)19-13-17(3-5-20(19)34)33(49)42-24-9-6-21(35)30(36)31(24)37/h3-10,13-14H,11-12,38-39H2,1-2H3,(H,40,47)(H,41,48)(H,42,49). The molecule has 0 spiro atoms. The lowest BCUT2D eigenvalue weighted by Crippen LogP contribution is -2.15. The van der Waals surface area contributed by atoms with Crippen LogP contribution in [0.4, 0.5) is 39.8 Å². The average molecular weight is 743 g/mol. The van der Waals surface area contributed by atoms with E-state index < -0.39 is 24.1 Å². The van der Waals surface area contributed by atoms with Gasteiger partial charge in [0, 0.05) is 33.1 Å². The number of anilines is 5. The van der Waals surface area contributed by atoms with Gasteiger partial charge in [-0.1, -0.05) is 46.4 Å². The molecule has 0 saturated heterocycles.